The minimum Gasteiger partial charge on any atom is -0.482 e. The van der Waals surface area contributed by atoms with Crippen molar-refractivity contribution in [3.8, 4) is 11.6 Å². The molecule has 3 N–H and O–H groups in total. The number of benzene rings is 1. The number of nitrogens with one attached hydrogen (secondary N) is 3. The van der Waals surface area contributed by atoms with Crippen LogP contribution in [0.2, 0.25) is 0 Å². The van der Waals surface area contributed by atoms with Crippen molar-refractivity contribution < 1.29 is 14.3 Å². The van der Waals surface area contributed by atoms with Gasteiger partial charge in [-0.3, -0.25) is 14.4 Å². The topological polar surface area (TPSA) is 131 Å². The van der Waals surface area contributed by atoms with Gasteiger partial charge in [-0.1, -0.05) is 0 Å². The van der Waals surface area contributed by atoms with Crippen molar-refractivity contribution in [3.05, 3.63) is 58.1 Å². The lowest BCUT2D eigenvalue weighted by Gasteiger charge is -2.18. The van der Waals surface area contributed by atoms with E-state index in [-0.39, 0.29) is 24.0 Å². The SMILES string of the molecule is Cc1c(C(=O)Nc2ccc3c(c2)NC(=O)CO3)cnn1-c1ccc(=O)[nH]n1. The van der Waals surface area contributed by atoms with Gasteiger partial charge in [-0.05, 0) is 31.2 Å². The monoisotopic (exact) mass is 366 g/mol. The van der Waals surface area contributed by atoms with E-state index in [0.717, 1.165) is 0 Å². The van der Waals surface area contributed by atoms with Crippen molar-refractivity contribution in [1.82, 2.24) is 20.0 Å². The lowest BCUT2D eigenvalue weighted by Crippen LogP contribution is -2.25. The number of nitrogens with zero attached hydrogens (tertiary/aromatic N) is 3. The molecule has 10 heteroatoms. The zero-order chi connectivity index (χ0) is 19.0. The number of hydrogen-bond donors (Lipinski definition) is 3. The summed E-state index contributed by atoms with van der Waals surface area (Å²) in [6.45, 7) is 1.69. The fraction of sp³-hybridized carbons (Fsp3) is 0.118. The third-order valence-corrected chi connectivity index (χ3v) is 4.01. The molecule has 27 heavy (non-hydrogen) atoms. The van der Waals surface area contributed by atoms with E-state index < -0.39 is 0 Å². The molecule has 0 saturated carbocycles. The molecule has 1 aliphatic rings. The summed E-state index contributed by atoms with van der Waals surface area (Å²) < 4.78 is 6.74. The number of rotatable bonds is 3. The van der Waals surface area contributed by atoms with Crippen LogP contribution in [-0.4, -0.2) is 38.4 Å². The molecule has 0 aliphatic carbocycles. The zero-order valence-electron chi connectivity index (χ0n) is 14.1. The van der Waals surface area contributed by atoms with Crippen LogP contribution in [0, 0.1) is 6.92 Å². The maximum absolute atomic E-state index is 12.6. The highest BCUT2D eigenvalue weighted by molar-refractivity contribution is 6.05. The second-order valence-corrected chi connectivity index (χ2v) is 5.84. The van der Waals surface area contributed by atoms with Crippen molar-refractivity contribution in [2.45, 2.75) is 6.92 Å². The molecule has 4 rings (SSSR count). The number of fused-ring (bicyclic) bond motifs is 1. The van der Waals surface area contributed by atoms with E-state index in [2.05, 4.69) is 25.9 Å². The van der Waals surface area contributed by atoms with Crippen molar-refractivity contribution in [2.24, 2.45) is 0 Å². The average molecular weight is 366 g/mol. The van der Waals surface area contributed by atoms with E-state index in [9.17, 15) is 14.4 Å². The Hall–Kier alpha value is -3.95. The van der Waals surface area contributed by atoms with Gasteiger partial charge >= 0.3 is 0 Å². The van der Waals surface area contributed by atoms with E-state index in [1.54, 1.807) is 25.1 Å². The van der Waals surface area contributed by atoms with Crippen molar-refractivity contribution in [2.75, 3.05) is 17.2 Å². The summed E-state index contributed by atoms with van der Waals surface area (Å²) in [4.78, 5) is 35.2. The smallest absolute Gasteiger partial charge is 0.264 e. The van der Waals surface area contributed by atoms with E-state index >= 15 is 0 Å². The molecule has 0 radical (unpaired) electrons. The third-order valence-electron chi connectivity index (χ3n) is 4.01. The van der Waals surface area contributed by atoms with Crippen molar-refractivity contribution in [1.29, 1.82) is 0 Å². The zero-order valence-corrected chi connectivity index (χ0v) is 14.1. The van der Waals surface area contributed by atoms with E-state index in [1.807, 2.05) is 0 Å². The Morgan fingerprint density at radius 2 is 2.11 bits per heavy atom. The highest BCUT2D eigenvalue weighted by atomic mass is 16.5. The summed E-state index contributed by atoms with van der Waals surface area (Å²) in [5, 5.41) is 15.8. The predicted octanol–water partition coefficient (Wildman–Crippen LogP) is 0.847. The van der Waals surface area contributed by atoms with Crippen LogP contribution in [0.25, 0.3) is 5.82 Å². The fourth-order valence-electron chi connectivity index (χ4n) is 2.68. The molecule has 1 aliphatic heterocycles. The Labute approximate surface area is 152 Å². The van der Waals surface area contributed by atoms with Gasteiger partial charge in [0, 0.05) is 11.8 Å². The van der Waals surface area contributed by atoms with Gasteiger partial charge in [-0.2, -0.15) is 10.2 Å². The van der Waals surface area contributed by atoms with E-state index in [1.165, 1.54) is 23.0 Å². The normalized spacial score (nSPS) is 12.7. The number of H-pyrrole nitrogens is 1. The van der Waals surface area contributed by atoms with Crippen LogP contribution < -0.4 is 20.9 Å². The molecule has 0 saturated heterocycles. The predicted molar refractivity (Wildman–Crippen MR) is 95.2 cm³/mol. The second-order valence-electron chi connectivity index (χ2n) is 5.84. The molecule has 0 unspecified atom stereocenters. The lowest BCUT2D eigenvalue weighted by atomic mass is 10.2. The first-order chi connectivity index (χ1) is 13.0. The van der Waals surface area contributed by atoms with Gasteiger partial charge in [0.25, 0.3) is 17.4 Å². The lowest BCUT2D eigenvalue weighted by molar-refractivity contribution is -0.118. The summed E-state index contributed by atoms with van der Waals surface area (Å²) >= 11 is 0. The Morgan fingerprint density at radius 3 is 2.89 bits per heavy atom. The van der Waals surface area contributed by atoms with Gasteiger partial charge in [0.05, 0.1) is 23.1 Å². The number of aromatic amines is 1. The minimum absolute atomic E-state index is 0.0319. The molecular formula is C17H14N6O4. The Kier molecular flexibility index (Phi) is 3.92. The Bertz CT molecular complexity index is 1100. The van der Waals surface area contributed by atoms with Crippen LogP contribution in [0.1, 0.15) is 16.1 Å². The van der Waals surface area contributed by atoms with Crippen LogP contribution >= 0.6 is 0 Å². The minimum atomic E-state index is -0.369. The van der Waals surface area contributed by atoms with Gasteiger partial charge in [0.1, 0.15) is 5.75 Å². The quantitative estimate of drug-likeness (QED) is 0.630. The fourth-order valence-corrected chi connectivity index (χ4v) is 2.68. The molecule has 3 aromatic rings. The van der Waals surface area contributed by atoms with Crippen molar-refractivity contribution >= 4 is 23.2 Å². The molecule has 2 amide bonds. The Morgan fingerprint density at radius 1 is 1.26 bits per heavy atom. The average Bonchev–Trinajstić information content (AvgIpc) is 3.03. The molecule has 0 fully saturated rings. The first kappa shape index (κ1) is 16.5. The molecule has 0 atom stereocenters. The second kappa shape index (κ2) is 6.41. The molecule has 10 nitrogen and oxygen atoms in total. The van der Waals surface area contributed by atoms with Gasteiger partial charge in [-0.15, -0.1) is 0 Å². The molecule has 2 aromatic heterocycles. The number of carbonyl (C=O) groups is 2. The van der Waals surface area contributed by atoms with E-state index in [4.69, 9.17) is 4.74 Å². The molecule has 0 spiro atoms. The van der Waals surface area contributed by atoms with Crippen LogP contribution in [0.4, 0.5) is 11.4 Å². The van der Waals surface area contributed by atoms with Gasteiger partial charge in [0.2, 0.25) is 0 Å². The van der Waals surface area contributed by atoms with Gasteiger partial charge in [-0.25, -0.2) is 9.78 Å². The molecule has 1 aromatic carbocycles. The van der Waals surface area contributed by atoms with E-state index in [0.29, 0.717) is 34.2 Å². The molecular weight excluding hydrogens is 352 g/mol. The molecule has 3 heterocycles. The maximum Gasteiger partial charge on any atom is 0.264 e. The first-order valence-electron chi connectivity index (χ1n) is 8.00. The third kappa shape index (κ3) is 3.15. The number of anilines is 2. The summed E-state index contributed by atoms with van der Waals surface area (Å²) in [5.74, 6) is 0.309. The number of carbonyl (C=O) groups excluding carboxylic acids is 2. The van der Waals surface area contributed by atoms with Crippen LogP contribution in [0.3, 0.4) is 0 Å². The maximum atomic E-state index is 12.6. The summed E-state index contributed by atoms with van der Waals surface area (Å²) in [7, 11) is 0. The number of amides is 2. The summed E-state index contributed by atoms with van der Waals surface area (Å²) in [5.41, 5.74) is 1.57. The Balaban J connectivity index is 1.57. The van der Waals surface area contributed by atoms with Crippen molar-refractivity contribution in [3.63, 3.8) is 0 Å². The molecule has 136 valence electrons. The highest BCUT2D eigenvalue weighted by Gasteiger charge is 2.19. The summed E-state index contributed by atoms with van der Waals surface area (Å²) in [6, 6.07) is 7.80. The number of aromatic nitrogens is 4. The van der Waals surface area contributed by atoms with Gasteiger partial charge < -0.3 is 15.4 Å². The number of ether oxygens (including phenoxy) is 1. The van der Waals surface area contributed by atoms with Crippen LogP contribution in [-0.2, 0) is 4.79 Å². The first-order valence-corrected chi connectivity index (χ1v) is 8.00. The largest absolute Gasteiger partial charge is 0.482 e. The highest BCUT2D eigenvalue weighted by Crippen LogP contribution is 2.30. The van der Waals surface area contributed by atoms with Crippen LogP contribution in [0.15, 0.2) is 41.3 Å². The molecule has 0 bridgehead atoms. The van der Waals surface area contributed by atoms with Gasteiger partial charge in [0.15, 0.2) is 12.4 Å². The number of hydrogen-bond acceptors (Lipinski definition) is 6. The standard InChI is InChI=1S/C17H14N6O4/c1-9-11(7-18-23(9)14-4-5-15(24)22-21-14)17(26)19-10-2-3-13-12(6-10)20-16(25)8-27-13/h2-7H,8H2,1H3,(H,19,26)(H,20,25)(H,22,24). The van der Waals surface area contributed by atoms with Crippen LogP contribution in [0.5, 0.6) is 5.75 Å². The summed E-state index contributed by atoms with van der Waals surface area (Å²) in [6.07, 6.45) is 1.42.